The van der Waals surface area contributed by atoms with Crippen LogP contribution in [0.5, 0.6) is 5.75 Å². The van der Waals surface area contributed by atoms with E-state index in [1.165, 1.54) is 12.7 Å². The van der Waals surface area contributed by atoms with Crippen LogP contribution in [0.1, 0.15) is 35.7 Å². The Labute approximate surface area is 138 Å². The number of halogens is 1. The Morgan fingerprint density at radius 3 is 2.41 bits per heavy atom. The molecule has 0 saturated carbocycles. The van der Waals surface area contributed by atoms with Crippen LogP contribution in [0, 0.1) is 0 Å². The number of carbonyl (C=O) groups is 1. The SMILES string of the molecule is COc1cc(N)cc(Br)c1NC(=O)c1ccc(C(C)C)cc1. The minimum Gasteiger partial charge on any atom is -0.494 e. The molecule has 0 unspecified atom stereocenters. The van der Waals surface area contributed by atoms with Crippen molar-refractivity contribution < 1.29 is 9.53 Å². The standard InChI is InChI=1S/C17H19BrN2O2/c1-10(2)11-4-6-12(7-5-11)17(21)20-16-14(18)8-13(19)9-15(16)22-3/h4-10H,19H2,1-3H3,(H,20,21). The zero-order chi connectivity index (χ0) is 16.3. The molecule has 0 spiro atoms. The van der Waals surface area contributed by atoms with Gasteiger partial charge in [0.2, 0.25) is 0 Å². The first-order valence-electron chi connectivity index (χ1n) is 6.96. The monoisotopic (exact) mass is 362 g/mol. The van der Waals surface area contributed by atoms with Gasteiger partial charge in [0.05, 0.1) is 12.8 Å². The molecule has 3 N–H and O–H groups in total. The number of nitrogens with one attached hydrogen (secondary N) is 1. The highest BCUT2D eigenvalue weighted by atomic mass is 79.9. The van der Waals surface area contributed by atoms with Crippen LogP contribution < -0.4 is 15.8 Å². The second kappa shape index (κ2) is 6.83. The van der Waals surface area contributed by atoms with Crippen molar-refractivity contribution in [3.8, 4) is 5.75 Å². The fraction of sp³-hybridized carbons (Fsp3) is 0.235. The lowest BCUT2D eigenvalue weighted by molar-refractivity contribution is 0.102. The van der Waals surface area contributed by atoms with Gasteiger partial charge in [-0.05, 0) is 45.6 Å². The minimum atomic E-state index is -0.195. The van der Waals surface area contributed by atoms with E-state index in [9.17, 15) is 4.79 Å². The molecular formula is C17H19BrN2O2. The van der Waals surface area contributed by atoms with Crippen molar-refractivity contribution in [1.29, 1.82) is 0 Å². The summed E-state index contributed by atoms with van der Waals surface area (Å²) in [6.45, 7) is 4.23. The third-order valence-electron chi connectivity index (χ3n) is 3.37. The predicted molar refractivity (Wildman–Crippen MR) is 93.6 cm³/mol. The van der Waals surface area contributed by atoms with Crippen LogP contribution in [-0.2, 0) is 0 Å². The number of carbonyl (C=O) groups excluding carboxylic acids is 1. The molecule has 2 aromatic rings. The molecule has 116 valence electrons. The Balaban J connectivity index is 2.25. The van der Waals surface area contributed by atoms with Crippen LogP contribution in [-0.4, -0.2) is 13.0 Å². The van der Waals surface area contributed by atoms with Gasteiger partial charge in [0.1, 0.15) is 5.75 Å². The number of methoxy groups -OCH3 is 1. The van der Waals surface area contributed by atoms with Crippen molar-refractivity contribution >= 4 is 33.2 Å². The van der Waals surface area contributed by atoms with Crippen LogP contribution in [0.2, 0.25) is 0 Å². The third-order valence-corrected chi connectivity index (χ3v) is 4.00. The van der Waals surface area contributed by atoms with Gasteiger partial charge >= 0.3 is 0 Å². The van der Waals surface area contributed by atoms with Gasteiger partial charge in [-0.15, -0.1) is 0 Å². The number of anilines is 2. The Morgan fingerprint density at radius 1 is 1.23 bits per heavy atom. The zero-order valence-corrected chi connectivity index (χ0v) is 14.4. The highest BCUT2D eigenvalue weighted by molar-refractivity contribution is 9.10. The van der Waals surface area contributed by atoms with Crippen LogP contribution in [0.25, 0.3) is 0 Å². The molecule has 0 aliphatic carbocycles. The molecule has 2 rings (SSSR count). The molecule has 5 heteroatoms. The van der Waals surface area contributed by atoms with E-state index in [1.54, 1.807) is 12.1 Å². The summed E-state index contributed by atoms with van der Waals surface area (Å²) in [7, 11) is 1.54. The number of ether oxygens (including phenoxy) is 1. The maximum Gasteiger partial charge on any atom is 0.255 e. The summed E-state index contributed by atoms with van der Waals surface area (Å²) in [5.74, 6) is 0.751. The lowest BCUT2D eigenvalue weighted by Crippen LogP contribution is -2.13. The number of benzene rings is 2. The maximum absolute atomic E-state index is 12.4. The van der Waals surface area contributed by atoms with E-state index in [2.05, 4.69) is 35.1 Å². The molecule has 0 atom stereocenters. The summed E-state index contributed by atoms with van der Waals surface area (Å²) in [4.78, 5) is 12.4. The van der Waals surface area contributed by atoms with Gasteiger partial charge < -0.3 is 15.8 Å². The lowest BCUT2D eigenvalue weighted by atomic mass is 10.0. The first-order chi connectivity index (χ1) is 10.4. The fourth-order valence-corrected chi connectivity index (χ4v) is 2.65. The molecule has 0 fully saturated rings. The van der Waals surface area contributed by atoms with Gasteiger partial charge in [-0.2, -0.15) is 0 Å². The van der Waals surface area contributed by atoms with Gasteiger partial charge in [0, 0.05) is 21.8 Å². The Hall–Kier alpha value is -2.01. The lowest BCUT2D eigenvalue weighted by Gasteiger charge is -2.13. The summed E-state index contributed by atoms with van der Waals surface area (Å²) in [5, 5.41) is 2.86. The molecule has 0 aromatic heterocycles. The summed E-state index contributed by atoms with van der Waals surface area (Å²) in [6.07, 6.45) is 0. The summed E-state index contributed by atoms with van der Waals surface area (Å²) in [5.41, 5.74) is 8.68. The van der Waals surface area contributed by atoms with E-state index in [4.69, 9.17) is 10.5 Å². The molecule has 4 nitrogen and oxygen atoms in total. The van der Waals surface area contributed by atoms with E-state index in [-0.39, 0.29) is 5.91 Å². The number of hydrogen-bond donors (Lipinski definition) is 2. The highest BCUT2D eigenvalue weighted by Crippen LogP contribution is 2.35. The van der Waals surface area contributed by atoms with Gasteiger partial charge in [-0.1, -0.05) is 26.0 Å². The van der Waals surface area contributed by atoms with Gasteiger partial charge in [-0.25, -0.2) is 0 Å². The second-order valence-electron chi connectivity index (χ2n) is 5.31. The van der Waals surface area contributed by atoms with E-state index >= 15 is 0 Å². The molecule has 0 aliphatic heterocycles. The molecule has 0 aliphatic rings. The Morgan fingerprint density at radius 2 is 1.86 bits per heavy atom. The Kier molecular flexibility index (Phi) is 5.08. The number of rotatable bonds is 4. The van der Waals surface area contributed by atoms with Crippen LogP contribution in [0.3, 0.4) is 0 Å². The molecule has 2 aromatic carbocycles. The number of nitrogens with two attached hydrogens (primary N) is 1. The van der Waals surface area contributed by atoms with E-state index in [1.807, 2.05) is 24.3 Å². The number of amides is 1. The van der Waals surface area contributed by atoms with Gasteiger partial charge in [-0.3, -0.25) is 4.79 Å². The molecule has 1 amide bonds. The van der Waals surface area contributed by atoms with Crippen molar-refractivity contribution in [3.05, 3.63) is 52.0 Å². The largest absolute Gasteiger partial charge is 0.494 e. The molecule has 0 bridgehead atoms. The highest BCUT2D eigenvalue weighted by Gasteiger charge is 2.14. The third kappa shape index (κ3) is 3.60. The average molecular weight is 363 g/mol. The van der Waals surface area contributed by atoms with Crippen LogP contribution >= 0.6 is 15.9 Å². The van der Waals surface area contributed by atoms with Crippen molar-refractivity contribution in [1.82, 2.24) is 0 Å². The van der Waals surface area contributed by atoms with Gasteiger partial charge in [0.25, 0.3) is 5.91 Å². The number of hydrogen-bond acceptors (Lipinski definition) is 3. The first kappa shape index (κ1) is 16.4. The minimum absolute atomic E-state index is 0.195. The van der Waals surface area contributed by atoms with Crippen molar-refractivity contribution in [2.24, 2.45) is 0 Å². The van der Waals surface area contributed by atoms with E-state index < -0.39 is 0 Å². The molecule has 22 heavy (non-hydrogen) atoms. The fourth-order valence-electron chi connectivity index (χ4n) is 2.09. The van der Waals surface area contributed by atoms with Crippen molar-refractivity contribution in [2.75, 3.05) is 18.2 Å². The Bertz CT molecular complexity index is 682. The summed E-state index contributed by atoms with van der Waals surface area (Å²) < 4.78 is 5.95. The van der Waals surface area contributed by atoms with Crippen molar-refractivity contribution in [2.45, 2.75) is 19.8 Å². The summed E-state index contributed by atoms with van der Waals surface area (Å²) >= 11 is 3.40. The normalized spacial score (nSPS) is 10.6. The second-order valence-corrected chi connectivity index (χ2v) is 6.17. The molecule has 0 radical (unpaired) electrons. The topological polar surface area (TPSA) is 64.3 Å². The molecule has 0 saturated heterocycles. The average Bonchev–Trinajstić information content (AvgIpc) is 2.49. The predicted octanol–water partition coefficient (Wildman–Crippen LogP) is 4.42. The van der Waals surface area contributed by atoms with Crippen LogP contribution in [0.4, 0.5) is 11.4 Å². The molecular weight excluding hydrogens is 344 g/mol. The first-order valence-corrected chi connectivity index (χ1v) is 7.76. The zero-order valence-electron chi connectivity index (χ0n) is 12.8. The van der Waals surface area contributed by atoms with Crippen molar-refractivity contribution in [3.63, 3.8) is 0 Å². The van der Waals surface area contributed by atoms with E-state index in [0.717, 1.165) is 0 Å². The van der Waals surface area contributed by atoms with Gasteiger partial charge in [0.15, 0.2) is 0 Å². The van der Waals surface area contributed by atoms with Crippen LogP contribution in [0.15, 0.2) is 40.9 Å². The summed E-state index contributed by atoms with van der Waals surface area (Å²) in [6, 6.07) is 11.0. The maximum atomic E-state index is 12.4. The quantitative estimate of drug-likeness (QED) is 0.791. The smallest absolute Gasteiger partial charge is 0.255 e. The molecule has 0 heterocycles. The number of nitrogen functional groups attached to an aromatic ring is 1. The van der Waals surface area contributed by atoms with E-state index in [0.29, 0.717) is 33.1 Å².